The van der Waals surface area contributed by atoms with E-state index in [4.69, 9.17) is 29.0 Å². The van der Waals surface area contributed by atoms with Crippen LogP contribution in [0.25, 0.3) is 0 Å². The van der Waals surface area contributed by atoms with Gasteiger partial charge in [-0.15, -0.1) is 0 Å². The summed E-state index contributed by atoms with van der Waals surface area (Å²) >= 11 is 12.2. The van der Waals surface area contributed by atoms with E-state index in [0.29, 0.717) is 27.7 Å². The Kier molecular flexibility index (Phi) is 5.75. The standard InChI is InChI=1S/C14H22Cl2N4/c1-2-3-9-4-6-10(7-5-9)18-13-11(15)8-12(16)14(19-13)20-17/h8-10H,2-7,17H2,1H3,(H2,18,19,20). The van der Waals surface area contributed by atoms with Gasteiger partial charge in [-0.1, -0.05) is 43.0 Å². The SMILES string of the molecule is CCCC1CCC(Nc2nc(NN)c(Cl)cc2Cl)CC1. The number of hydrazine groups is 1. The van der Waals surface area contributed by atoms with Gasteiger partial charge in [0.25, 0.3) is 0 Å². The molecule has 1 aromatic heterocycles. The van der Waals surface area contributed by atoms with Crippen LogP contribution in [0.2, 0.25) is 10.0 Å². The molecule has 0 atom stereocenters. The van der Waals surface area contributed by atoms with Crippen LogP contribution >= 0.6 is 23.2 Å². The number of nitrogens with zero attached hydrogens (tertiary/aromatic N) is 1. The molecule has 1 aromatic rings. The van der Waals surface area contributed by atoms with Crippen molar-refractivity contribution in [3.63, 3.8) is 0 Å². The second-order valence-electron chi connectivity index (χ2n) is 5.44. The first-order valence-corrected chi connectivity index (χ1v) is 7.98. The average Bonchev–Trinajstić information content (AvgIpc) is 2.44. The molecule has 0 amide bonds. The van der Waals surface area contributed by atoms with Crippen LogP contribution in [-0.2, 0) is 0 Å². The molecule has 112 valence electrons. The number of pyridine rings is 1. The number of halogens is 2. The lowest BCUT2D eigenvalue weighted by Crippen LogP contribution is -2.27. The summed E-state index contributed by atoms with van der Waals surface area (Å²) in [5, 5.41) is 4.37. The zero-order valence-corrected chi connectivity index (χ0v) is 13.3. The molecule has 1 aliphatic rings. The van der Waals surface area contributed by atoms with Gasteiger partial charge in [0.2, 0.25) is 0 Å². The Morgan fingerprint density at radius 1 is 1.20 bits per heavy atom. The predicted octanol–water partition coefficient (Wildman–Crippen LogP) is 4.44. The molecule has 4 N–H and O–H groups in total. The van der Waals surface area contributed by atoms with Crippen molar-refractivity contribution in [1.82, 2.24) is 4.98 Å². The maximum Gasteiger partial charge on any atom is 0.161 e. The minimum Gasteiger partial charge on any atom is -0.366 e. The normalized spacial score (nSPS) is 22.6. The van der Waals surface area contributed by atoms with Crippen LogP contribution in [0.1, 0.15) is 45.4 Å². The molecule has 0 bridgehead atoms. The van der Waals surface area contributed by atoms with Gasteiger partial charge in [-0.3, -0.25) is 0 Å². The summed E-state index contributed by atoms with van der Waals surface area (Å²) in [5.41, 5.74) is 2.48. The molecule has 0 aromatic carbocycles. The van der Waals surface area contributed by atoms with Crippen LogP contribution in [0.15, 0.2) is 6.07 Å². The van der Waals surface area contributed by atoms with Crippen LogP contribution in [0.3, 0.4) is 0 Å². The Bertz CT molecular complexity index is 445. The van der Waals surface area contributed by atoms with Crippen LogP contribution in [-0.4, -0.2) is 11.0 Å². The van der Waals surface area contributed by atoms with Crippen molar-refractivity contribution in [3.8, 4) is 0 Å². The van der Waals surface area contributed by atoms with E-state index in [9.17, 15) is 0 Å². The first-order chi connectivity index (χ1) is 9.63. The van der Waals surface area contributed by atoms with E-state index < -0.39 is 0 Å². The molecule has 6 heteroatoms. The highest BCUT2D eigenvalue weighted by molar-refractivity contribution is 6.37. The highest BCUT2D eigenvalue weighted by Gasteiger charge is 2.21. The lowest BCUT2D eigenvalue weighted by Gasteiger charge is -2.29. The second kappa shape index (κ2) is 7.34. The monoisotopic (exact) mass is 316 g/mol. The van der Waals surface area contributed by atoms with Gasteiger partial charge in [-0.2, -0.15) is 0 Å². The molecule has 2 rings (SSSR count). The molecule has 0 aliphatic heterocycles. The quantitative estimate of drug-likeness (QED) is 0.555. The summed E-state index contributed by atoms with van der Waals surface area (Å²) in [6, 6.07) is 2.09. The van der Waals surface area contributed by atoms with Gasteiger partial charge in [-0.05, 0) is 37.7 Å². The number of nitrogens with two attached hydrogens (primary N) is 1. The first kappa shape index (κ1) is 15.7. The summed E-state index contributed by atoms with van der Waals surface area (Å²) in [7, 11) is 0. The highest BCUT2D eigenvalue weighted by Crippen LogP contribution is 2.33. The third-order valence-electron chi connectivity index (χ3n) is 3.95. The lowest BCUT2D eigenvalue weighted by molar-refractivity contribution is 0.318. The third kappa shape index (κ3) is 3.90. The third-order valence-corrected chi connectivity index (χ3v) is 4.53. The number of hydrogen-bond acceptors (Lipinski definition) is 4. The number of aromatic nitrogens is 1. The van der Waals surface area contributed by atoms with E-state index in [0.717, 1.165) is 18.8 Å². The summed E-state index contributed by atoms with van der Waals surface area (Å²) in [6.07, 6.45) is 7.50. The number of anilines is 2. The summed E-state index contributed by atoms with van der Waals surface area (Å²) in [5.74, 6) is 7.37. The molecule has 0 radical (unpaired) electrons. The van der Waals surface area contributed by atoms with Gasteiger partial charge in [-0.25, -0.2) is 10.8 Å². The van der Waals surface area contributed by atoms with Crippen LogP contribution in [0, 0.1) is 5.92 Å². The average molecular weight is 317 g/mol. The van der Waals surface area contributed by atoms with Crippen molar-refractivity contribution < 1.29 is 0 Å². The van der Waals surface area contributed by atoms with Gasteiger partial charge in [0.1, 0.15) is 5.82 Å². The van der Waals surface area contributed by atoms with Gasteiger partial charge < -0.3 is 10.7 Å². The summed E-state index contributed by atoms with van der Waals surface area (Å²) in [6.45, 7) is 2.25. The maximum atomic E-state index is 6.18. The molecule has 0 spiro atoms. The highest BCUT2D eigenvalue weighted by atomic mass is 35.5. The maximum absolute atomic E-state index is 6.18. The Labute approximate surface area is 130 Å². The van der Waals surface area contributed by atoms with E-state index in [1.54, 1.807) is 6.07 Å². The molecular weight excluding hydrogens is 295 g/mol. The van der Waals surface area contributed by atoms with Crippen LogP contribution in [0.4, 0.5) is 11.6 Å². The molecule has 20 heavy (non-hydrogen) atoms. The minimum absolute atomic E-state index is 0.426. The molecule has 0 unspecified atom stereocenters. The molecule has 4 nitrogen and oxygen atoms in total. The van der Waals surface area contributed by atoms with Gasteiger partial charge in [0, 0.05) is 6.04 Å². The Morgan fingerprint density at radius 3 is 2.45 bits per heavy atom. The molecule has 1 fully saturated rings. The number of nitrogens with one attached hydrogen (secondary N) is 2. The number of nitrogen functional groups attached to an aromatic ring is 1. The fraction of sp³-hybridized carbons (Fsp3) is 0.643. The fourth-order valence-corrected chi connectivity index (χ4v) is 3.33. The van der Waals surface area contributed by atoms with E-state index >= 15 is 0 Å². The topological polar surface area (TPSA) is 63.0 Å². The van der Waals surface area contributed by atoms with Gasteiger partial charge in [0.05, 0.1) is 10.0 Å². The minimum atomic E-state index is 0.426. The molecule has 1 aliphatic carbocycles. The van der Waals surface area contributed by atoms with Crippen molar-refractivity contribution in [2.75, 3.05) is 10.7 Å². The van der Waals surface area contributed by atoms with Crippen molar-refractivity contribution in [1.29, 1.82) is 0 Å². The number of hydrogen-bond donors (Lipinski definition) is 3. The second-order valence-corrected chi connectivity index (χ2v) is 6.26. The van der Waals surface area contributed by atoms with Gasteiger partial charge in [0.15, 0.2) is 5.82 Å². The van der Waals surface area contributed by atoms with Crippen molar-refractivity contribution in [3.05, 3.63) is 16.1 Å². The lowest BCUT2D eigenvalue weighted by atomic mass is 9.83. The summed E-state index contributed by atoms with van der Waals surface area (Å²) < 4.78 is 0. The van der Waals surface area contributed by atoms with Crippen molar-refractivity contribution >= 4 is 34.8 Å². The fourth-order valence-electron chi connectivity index (χ4n) is 2.87. The molecule has 1 saturated carbocycles. The van der Waals surface area contributed by atoms with Crippen molar-refractivity contribution in [2.24, 2.45) is 11.8 Å². The largest absolute Gasteiger partial charge is 0.366 e. The molecule has 1 heterocycles. The van der Waals surface area contributed by atoms with Crippen LogP contribution in [0.5, 0.6) is 0 Å². The van der Waals surface area contributed by atoms with E-state index in [-0.39, 0.29) is 0 Å². The van der Waals surface area contributed by atoms with E-state index in [2.05, 4.69) is 22.7 Å². The molecular formula is C14H22Cl2N4. The zero-order valence-electron chi connectivity index (χ0n) is 11.8. The Morgan fingerprint density at radius 2 is 1.85 bits per heavy atom. The number of rotatable bonds is 5. The predicted molar refractivity (Wildman–Crippen MR) is 86.3 cm³/mol. The summed E-state index contributed by atoms with van der Waals surface area (Å²) in [4.78, 5) is 4.33. The Balaban J connectivity index is 1.97. The smallest absolute Gasteiger partial charge is 0.161 e. The van der Waals surface area contributed by atoms with E-state index in [1.165, 1.54) is 25.7 Å². The van der Waals surface area contributed by atoms with Crippen molar-refractivity contribution in [2.45, 2.75) is 51.5 Å². The van der Waals surface area contributed by atoms with Gasteiger partial charge >= 0.3 is 0 Å². The molecule has 0 saturated heterocycles. The van der Waals surface area contributed by atoms with Crippen LogP contribution < -0.4 is 16.6 Å². The van der Waals surface area contributed by atoms with E-state index in [1.807, 2.05) is 0 Å². The Hall–Kier alpha value is -0.710. The first-order valence-electron chi connectivity index (χ1n) is 7.23. The zero-order chi connectivity index (χ0) is 14.5.